The number of carbonyl (C=O) groups excluding carboxylic acids is 1. The zero-order valence-corrected chi connectivity index (χ0v) is 8.86. The molecule has 4 nitrogen and oxygen atoms in total. The zero-order chi connectivity index (χ0) is 11.1. The molecule has 0 aliphatic carbocycles. The Balaban J connectivity index is 4.18. The average Bonchev–Trinajstić information content (AvgIpc) is 2.17. The van der Waals surface area contributed by atoms with E-state index in [1.165, 1.54) is 6.08 Å². The molecule has 4 heteroatoms. The van der Waals surface area contributed by atoms with Crippen molar-refractivity contribution in [3.8, 4) is 0 Å². The van der Waals surface area contributed by atoms with Gasteiger partial charge in [0.15, 0.2) is 0 Å². The van der Waals surface area contributed by atoms with E-state index < -0.39 is 18.7 Å². The first-order valence-corrected chi connectivity index (χ1v) is 4.69. The quantitative estimate of drug-likeness (QED) is 0.507. The highest BCUT2D eigenvalue weighted by Gasteiger charge is 2.10. The molecule has 0 bridgehead atoms. The highest BCUT2D eigenvalue weighted by atomic mass is 16.5. The summed E-state index contributed by atoms with van der Waals surface area (Å²) in [5.41, 5.74) is 0.312. The van der Waals surface area contributed by atoms with Gasteiger partial charge in [-0.15, -0.1) is 0 Å². The molecule has 0 aliphatic heterocycles. The number of aliphatic hydroxyl groups is 2. The number of hydrogen-bond donors (Lipinski definition) is 2. The fourth-order valence-corrected chi connectivity index (χ4v) is 0.768. The standard InChI is InChI=1S/C10H18O4/c1-4-8(3)14-10(13)7(2)5-9(12)6-11/h5,8-9,11-12H,4,6H2,1-3H3. The Bertz CT molecular complexity index is 210. The molecule has 0 aromatic carbocycles. The van der Waals surface area contributed by atoms with Crippen LogP contribution in [0.15, 0.2) is 11.6 Å². The van der Waals surface area contributed by atoms with E-state index in [0.717, 1.165) is 6.42 Å². The van der Waals surface area contributed by atoms with Crippen LogP contribution < -0.4 is 0 Å². The highest BCUT2D eigenvalue weighted by Crippen LogP contribution is 2.04. The molecule has 0 fully saturated rings. The van der Waals surface area contributed by atoms with Crippen LogP contribution in [0.1, 0.15) is 27.2 Å². The molecule has 0 heterocycles. The minimum atomic E-state index is -1.00. The molecule has 0 aromatic rings. The van der Waals surface area contributed by atoms with E-state index in [0.29, 0.717) is 5.57 Å². The Hall–Kier alpha value is -0.870. The van der Waals surface area contributed by atoms with Crippen molar-refractivity contribution in [1.82, 2.24) is 0 Å². The van der Waals surface area contributed by atoms with Crippen LogP contribution in [0.3, 0.4) is 0 Å². The van der Waals surface area contributed by atoms with Gasteiger partial charge in [0.25, 0.3) is 0 Å². The van der Waals surface area contributed by atoms with Crippen molar-refractivity contribution in [2.45, 2.75) is 39.4 Å². The number of ether oxygens (including phenoxy) is 1. The smallest absolute Gasteiger partial charge is 0.333 e. The summed E-state index contributed by atoms with van der Waals surface area (Å²) in [6.07, 6.45) is 0.906. The van der Waals surface area contributed by atoms with E-state index in [9.17, 15) is 4.79 Å². The average molecular weight is 202 g/mol. The van der Waals surface area contributed by atoms with Crippen LogP contribution in [0.2, 0.25) is 0 Å². The molecular formula is C10H18O4. The molecule has 0 rings (SSSR count). The van der Waals surface area contributed by atoms with E-state index >= 15 is 0 Å². The highest BCUT2D eigenvalue weighted by molar-refractivity contribution is 5.87. The first kappa shape index (κ1) is 13.1. The number of aliphatic hydroxyl groups excluding tert-OH is 2. The fraction of sp³-hybridized carbons (Fsp3) is 0.700. The molecule has 2 N–H and O–H groups in total. The lowest BCUT2D eigenvalue weighted by Crippen LogP contribution is -2.17. The van der Waals surface area contributed by atoms with Crippen molar-refractivity contribution in [3.05, 3.63) is 11.6 Å². The summed E-state index contributed by atoms with van der Waals surface area (Å²) in [7, 11) is 0. The second kappa shape index (κ2) is 6.56. The van der Waals surface area contributed by atoms with Gasteiger partial charge >= 0.3 is 5.97 Å². The van der Waals surface area contributed by atoms with Crippen LogP contribution in [0.5, 0.6) is 0 Å². The second-order valence-electron chi connectivity index (χ2n) is 3.22. The van der Waals surface area contributed by atoms with Gasteiger partial charge in [0.2, 0.25) is 0 Å². The van der Waals surface area contributed by atoms with E-state index in [1.807, 2.05) is 6.92 Å². The molecular weight excluding hydrogens is 184 g/mol. The van der Waals surface area contributed by atoms with Crippen molar-refractivity contribution in [3.63, 3.8) is 0 Å². The molecule has 0 amide bonds. The predicted octanol–water partition coefficient (Wildman–Crippen LogP) is 0.628. The SMILES string of the molecule is CCC(C)OC(=O)C(C)=CC(O)CO. The minimum Gasteiger partial charge on any atom is -0.459 e. The summed E-state index contributed by atoms with van der Waals surface area (Å²) in [5, 5.41) is 17.6. The summed E-state index contributed by atoms with van der Waals surface area (Å²) in [5.74, 6) is -0.452. The Morgan fingerprint density at radius 1 is 1.57 bits per heavy atom. The maximum Gasteiger partial charge on any atom is 0.333 e. The summed E-state index contributed by atoms with van der Waals surface area (Å²) < 4.78 is 5.01. The topological polar surface area (TPSA) is 66.8 Å². The van der Waals surface area contributed by atoms with Crippen LogP contribution >= 0.6 is 0 Å². The maximum absolute atomic E-state index is 11.3. The summed E-state index contributed by atoms with van der Waals surface area (Å²) in [6.45, 7) is 4.87. The number of hydrogen-bond acceptors (Lipinski definition) is 4. The molecule has 2 unspecified atom stereocenters. The van der Waals surface area contributed by atoms with Gasteiger partial charge in [-0.3, -0.25) is 0 Å². The number of carbonyl (C=O) groups is 1. The van der Waals surface area contributed by atoms with E-state index in [4.69, 9.17) is 14.9 Å². The Kier molecular flexibility index (Phi) is 6.16. The molecule has 2 atom stereocenters. The molecule has 14 heavy (non-hydrogen) atoms. The van der Waals surface area contributed by atoms with Gasteiger partial charge in [-0.25, -0.2) is 4.79 Å². The third-order valence-corrected chi connectivity index (χ3v) is 1.83. The Labute approximate surface area is 84.2 Å². The van der Waals surface area contributed by atoms with Gasteiger partial charge in [-0.2, -0.15) is 0 Å². The predicted molar refractivity (Wildman–Crippen MR) is 52.7 cm³/mol. The normalized spacial score (nSPS) is 16.2. The first-order valence-electron chi connectivity index (χ1n) is 4.69. The third kappa shape index (κ3) is 4.99. The van der Waals surface area contributed by atoms with Gasteiger partial charge in [-0.05, 0) is 26.3 Å². The maximum atomic E-state index is 11.3. The Morgan fingerprint density at radius 3 is 2.57 bits per heavy atom. The minimum absolute atomic E-state index is 0.128. The van der Waals surface area contributed by atoms with Crippen molar-refractivity contribution in [2.24, 2.45) is 0 Å². The third-order valence-electron chi connectivity index (χ3n) is 1.83. The lowest BCUT2D eigenvalue weighted by molar-refractivity contribution is -0.143. The van der Waals surface area contributed by atoms with Crippen LogP contribution in [0.4, 0.5) is 0 Å². The van der Waals surface area contributed by atoms with Gasteiger partial charge in [0.05, 0.1) is 18.8 Å². The van der Waals surface area contributed by atoms with Crippen molar-refractivity contribution < 1.29 is 19.7 Å². The lowest BCUT2D eigenvalue weighted by Gasteiger charge is -2.11. The summed E-state index contributed by atoms with van der Waals surface area (Å²) in [4.78, 5) is 11.3. The molecule has 0 aromatic heterocycles. The van der Waals surface area contributed by atoms with Crippen LogP contribution in [-0.4, -0.2) is 35.0 Å². The van der Waals surface area contributed by atoms with Gasteiger partial charge in [0, 0.05) is 5.57 Å². The zero-order valence-electron chi connectivity index (χ0n) is 8.86. The monoisotopic (exact) mass is 202 g/mol. The van der Waals surface area contributed by atoms with Crippen molar-refractivity contribution in [2.75, 3.05) is 6.61 Å². The molecule has 0 saturated heterocycles. The molecule has 82 valence electrons. The fourth-order valence-electron chi connectivity index (χ4n) is 0.768. The molecule has 0 spiro atoms. The van der Waals surface area contributed by atoms with Gasteiger partial charge in [0.1, 0.15) is 0 Å². The Morgan fingerprint density at radius 2 is 2.14 bits per heavy atom. The van der Waals surface area contributed by atoms with E-state index in [1.54, 1.807) is 13.8 Å². The number of rotatable bonds is 5. The lowest BCUT2D eigenvalue weighted by atomic mass is 10.2. The second-order valence-corrected chi connectivity index (χ2v) is 3.22. The molecule has 0 saturated carbocycles. The first-order chi connectivity index (χ1) is 6.51. The molecule has 0 aliphatic rings. The van der Waals surface area contributed by atoms with E-state index in [-0.39, 0.29) is 6.10 Å². The summed E-state index contributed by atoms with van der Waals surface area (Å²) in [6, 6.07) is 0. The van der Waals surface area contributed by atoms with Gasteiger partial charge < -0.3 is 14.9 Å². The van der Waals surface area contributed by atoms with Crippen LogP contribution in [0.25, 0.3) is 0 Å². The van der Waals surface area contributed by atoms with Crippen molar-refractivity contribution >= 4 is 5.97 Å². The summed E-state index contributed by atoms with van der Waals surface area (Å²) >= 11 is 0. The van der Waals surface area contributed by atoms with Crippen LogP contribution in [0, 0.1) is 0 Å². The van der Waals surface area contributed by atoms with Gasteiger partial charge in [-0.1, -0.05) is 6.92 Å². The molecule has 0 radical (unpaired) electrons. The largest absolute Gasteiger partial charge is 0.459 e. The van der Waals surface area contributed by atoms with E-state index in [2.05, 4.69) is 0 Å². The van der Waals surface area contributed by atoms with Crippen LogP contribution in [-0.2, 0) is 9.53 Å². The number of esters is 1. The van der Waals surface area contributed by atoms with Crippen molar-refractivity contribution in [1.29, 1.82) is 0 Å².